The number of carbonyl (C=O) groups excluding carboxylic acids is 2. The normalized spacial score (nSPS) is 15.7. The van der Waals surface area contributed by atoms with Crippen molar-refractivity contribution in [3.05, 3.63) is 57.8 Å². The number of nitrogens with one attached hydrogen (secondary N) is 1. The standard InChI is InChI=1S/C19H22N4O3/c1-12-10-13(2)22(19(26)21-12)9-8-20-17(24)18(25)23-14(3)11-15-6-4-5-7-16(15)23/h4-7,10,14H,8-9,11H2,1-3H3,(H,20,24)/t14-/m1/s1. The van der Waals surface area contributed by atoms with Gasteiger partial charge in [-0.2, -0.15) is 4.98 Å². The highest BCUT2D eigenvalue weighted by Gasteiger charge is 2.33. The second kappa shape index (κ2) is 7.11. The molecular formula is C19H22N4O3. The van der Waals surface area contributed by atoms with Crippen LogP contribution in [0.3, 0.4) is 0 Å². The molecule has 0 bridgehead atoms. The molecule has 26 heavy (non-hydrogen) atoms. The summed E-state index contributed by atoms with van der Waals surface area (Å²) in [7, 11) is 0. The van der Waals surface area contributed by atoms with Crippen LogP contribution in [0.15, 0.2) is 35.1 Å². The fourth-order valence-electron chi connectivity index (χ4n) is 3.39. The van der Waals surface area contributed by atoms with Gasteiger partial charge in [-0.05, 0) is 44.9 Å². The second-order valence-corrected chi connectivity index (χ2v) is 6.59. The number of fused-ring (bicyclic) bond motifs is 1. The van der Waals surface area contributed by atoms with Gasteiger partial charge in [0.1, 0.15) is 0 Å². The van der Waals surface area contributed by atoms with E-state index in [4.69, 9.17) is 0 Å². The molecule has 3 rings (SSSR count). The number of aromatic nitrogens is 2. The largest absolute Gasteiger partial charge is 0.348 e. The third-order valence-corrected chi connectivity index (χ3v) is 4.59. The van der Waals surface area contributed by atoms with Gasteiger partial charge in [0, 0.05) is 36.2 Å². The number of para-hydroxylation sites is 1. The first kappa shape index (κ1) is 17.8. The molecular weight excluding hydrogens is 332 g/mol. The maximum atomic E-state index is 12.6. The lowest BCUT2D eigenvalue weighted by Crippen LogP contribution is -2.46. The lowest BCUT2D eigenvalue weighted by molar-refractivity contribution is -0.137. The first-order valence-corrected chi connectivity index (χ1v) is 8.63. The van der Waals surface area contributed by atoms with E-state index in [2.05, 4.69) is 10.3 Å². The number of hydrogen-bond donors (Lipinski definition) is 1. The van der Waals surface area contributed by atoms with Crippen molar-refractivity contribution in [1.29, 1.82) is 0 Å². The molecule has 1 aliphatic heterocycles. The number of carbonyl (C=O) groups is 2. The highest BCUT2D eigenvalue weighted by molar-refractivity contribution is 6.40. The SMILES string of the molecule is Cc1cc(C)n(CCNC(=O)C(=O)N2c3ccccc3C[C@H]2C)c(=O)n1. The number of nitrogens with zero attached hydrogens (tertiary/aromatic N) is 3. The number of rotatable bonds is 3. The third-order valence-electron chi connectivity index (χ3n) is 4.59. The van der Waals surface area contributed by atoms with Crippen LogP contribution in [0.2, 0.25) is 0 Å². The summed E-state index contributed by atoms with van der Waals surface area (Å²) in [5.41, 5.74) is 2.92. The Labute approximate surface area is 151 Å². The van der Waals surface area contributed by atoms with Crippen molar-refractivity contribution in [2.45, 2.75) is 39.8 Å². The molecule has 7 heteroatoms. The van der Waals surface area contributed by atoms with Crippen molar-refractivity contribution in [2.75, 3.05) is 11.4 Å². The van der Waals surface area contributed by atoms with Crippen molar-refractivity contribution in [3.63, 3.8) is 0 Å². The van der Waals surface area contributed by atoms with Crippen LogP contribution in [0.25, 0.3) is 0 Å². The number of aryl methyl sites for hydroxylation is 2. The molecule has 0 aliphatic carbocycles. The van der Waals surface area contributed by atoms with Gasteiger partial charge in [0.05, 0.1) is 0 Å². The van der Waals surface area contributed by atoms with Gasteiger partial charge in [-0.1, -0.05) is 18.2 Å². The van der Waals surface area contributed by atoms with E-state index >= 15 is 0 Å². The van der Waals surface area contributed by atoms with Crippen LogP contribution in [-0.2, 0) is 22.6 Å². The summed E-state index contributed by atoms with van der Waals surface area (Å²) in [5, 5.41) is 2.61. The van der Waals surface area contributed by atoms with Gasteiger partial charge < -0.3 is 10.2 Å². The predicted octanol–water partition coefficient (Wildman–Crippen LogP) is 0.954. The molecule has 1 aliphatic rings. The number of benzene rings is 1. The maximum Gasteiger partial charge on any atom is 0.348 e. The molecule has 0 unspecified atom stereocenters. The average molecular weight is 354 g/mol. The number of anilines is 1. The second-order valence-electron chi connectivity index (χ2n) is 6.59. The third kappa shape index (κ3) is 3.37. The van der Waals surface area contributed by atoms with Crippen LogP contribution < -0.4 is 15.9 Å². The van der Waals surface area contributed by atoms with E-state index < -0.39 is 11.8 Å². The fraction of sp³-hybridized carbons (Fsp3) is 0.368. The molecule has 1 N–H and O–H groups in total. The zero-order valence-corrected chi connectivity index (χ0v) is 15.2. The van der Waals surface area contributed by atoms with Gasteiger partial charge in [-0.25, -0.2) is 4.79 Å². The minimum atomic E-state index is -0.667. The predicted molar refractivity (Wildman–Crippen MR) is 98.1 cm³/mol. The smallest absolute Gasteiger partial charge is 0.346 e. The number of hydrogen-bond acceptors (Lipinski definition) is 4. The lowest BCUT2D eigenvalue weighted by Gasteiger charge is -2.22. The van der Waals surface area contributed by atoms with E-state index in [1.165, 1.54) is 9.47 Å². The van der Waals surface area contributed by atoms with Crippen LogP contribution in [0.4, 0.5) is 5.69 Å². The van der Waals surface area contributed by atoms with Crippen molar-refractivity contribution in [3.8, 4) is 0 Å². The van der Waals surface area contributed by atoms with Crippen LogP contribution in [0.5, 0.6) is 0 Å². The zero-order valence-electron chi connectivity index (χ0n) is 15.2. The minimum absolute atomic E-state index is 0.0585. The summed E-state index contributed by atoms with van der Waals surface area (Å²) in [5.74, 6) is -1.24. The Kier molecular flexibility index (Phi) is 4.88. The van der Waals surface area contributed by atoms with Gasteiger partial charge >= 0.3 is 17.5 Å². The molecule has 1 atom stereocenters. The van der Waals surface area contributed by atoms with Crippen LogP contribution in [0, 0.1) is 13.8 Å². The summed E-state index contributed by atoms with van der Waals surface area (Å²) in [6.45, 7) is 5.94. The van der Waals surface area contributed by atoms with Gasteiger partial charge in [0.2, 0.25) is 0 Å². The molecule has 136 valence electrons. The Bertz CT molecular complexity index is 919. The van der Waals surface area contributed by atoms with Crippen molar-refractivity contribution < 1.29 is 9.59 Å². The van der Waals surface area contributed by atoms with Gasteiger partial charge in [-0.3, -0.25) is 14.2 Å². The van der Waals surface area contributed by atoms with Gasteiger partial charge in [0.15, 0.2) is 0 Å². The molecule has 1 aromatic heterocycles. The topological polar surface area (TPSA) is 84.3 Å². The lowest BCUT2D eigenvalue weighted by atomic mass is 10.1. The van der Waals surface area contributed by atoms with Gasteiger partial charge in [0.25, 0.3) is 0 Å². The summed E-state index contributed by atoms with van der Waals surface area (Å²) >= 11 is 0. The highest BCUT2D eigenvalue weighted by Crippen LogP contribution is 2.31. The summed E-state index contributed by atoms with van der Waals surface area (Å²) in [6, 6.07) is 9.35. The summed E-state index contributed by atoms with van der Waals surface area (Å²) in [6.07, 6.45) is 0.735. The quantitative estimate of drug-likeness (QED) is 0.832. The maximum absolute atomic E-state index is 12.6. The van der Waals surface area contributed by atoms with E-state index in [-0.39, 0.29) is 24.8 Å². The molecule has 0 spiro atoms. The Morgan fingerprint density at radius 3 is 2.73 bits per heavy atom. The Balaban J connectivity index is 1.64. The fourth-order valence-corrected chi connectivity index (χ4v) is 3.39. The van der Waals surface area contributed by atoms with E-state index in [0.717, 1.165) is 23.4 Å². The van der Waals surface area contributed by atoms with Crippen LogP contribution >= 0.6 is 0 Å². The molecule has 2 aromatic rings. The van der Waals surface area contributed by atoms with E-state index in [0.29, 0.717) is 5.69 Å². The summed E-state index contributed by atoms with van der Waals surface area (Å²) in [4.78, 5) is 42.2. The molecule has 0 radical (unpaired) electrons. The molecule has 0 saturated heterocycles. The van der Waals surface area contributed by atoms with E-state index in [1.54, 1.807) is 13.0 Å². The van der Waals surface area contributed by atoms with Gasteiger partial charge in [-0.15, -0.1) is 0 Å². The Hall–Kier alpha value is -2.96. The molecule has 0 saturated carbocycles. The molecule has 7 nitrogen and oxygen atoms in total. The van der Waals surface area contributed by atoms with E-state index in [9.17, 15) is 14.4 Å². The average Bonchev–Trinajstić information content (AvgIpc) is 2.92. The first-order chi connectivity index (χ1) is 12.4. The highest BCUT2D eigenvalue weighted by atomic mass is 16.2. The molecule has 1 aromatic carbocycles. The molecule has 2 amide bonds. The Morgan fingerprint density at radius 2 is 2.00 bits per heavy atom. The van der Waals surface area contributed by atoms with E-state index in [1.807, 2.05) is 38.1 Å². The first-order valence-electron chi connectivity index (χ1n) is 8.63. The Morgan fingerprint density at radius 1 is 1.27 bits per heavy atom. The zero-order chi connectivity index (χ0) is 18.8. The molecule has 2 heterocycles. The van der Waals surface area contributed by atoms with Crippen molar-refractivity contribution in [2.24, 2.45) is 0 Å². The number of amides is 2. The summed E-state index contributed by atoms with van der Waals surface area (Å²) < 4.78 is 1.48. The molecule has 0 fully saturated rings. The van der Waals surface area contributed by atoms with Crippen LogP contribution in [0.1, 0.15) is 23.9 Å². The van der Waals surface area contributed by atoms with Crippen LogP contribution in [-0.4, -0.2) is 34.0 Å². The minimum Gasteiger partial charge on any atom is -0.346 e. The van der Waals surface area contributed by atoms with Crippen molar-refractivity contribution >= 4 is 17.5 Å². The monoisotopic (exact) mass is 354 g/mol. The van der Waals surface area contributed by atoms with Crippen molar-refractivity contribution in [1.82, 2.24) is 14.9 Å².